The summed E-state index contributed by atoms with van der Waals surface area (Å²) in [6.07, 6.45) is 2.24. The minimum absolute atomic E-state index is 0.0629. The Morgan fingerprint density at radius 2 is 1.84 bits per heavy atom. The number of nitrogens with one attached hydrogen (secondary N) is 1. The monoisotopic (exact) mass is 428 g/mol. The van der Waals surface area contributed by atoms with Gasteiger partial charge in [-0.1, -0.05) is 6.07 Å². The highest BCUT2D eigenvalue weighted by molar-refractivity contribution is 6.00. The van der Waals surface area contributed by atoms with Crippen molar-refractivity contribution >= 4 is 28.8 Å². The molecule has 9 heteroatoms. The number of carboxylic acids is 1. The number of hydrogen-bond acceptors (Lipinski definition) is 5. The van der Waals surface area contributed by atoms with Gasteiger partial charge < -0.3 is 5.11 Å². The molecule has 1 unspecified atom stereocenters. The molecule has 0 radical (unpaired) electrons. The molecule has 2 N–H and O–H groups in total. The van der Waals surface area contributed by atoms with Crippen molar-refractivity contribution in [1.29, 1.82) is 0 Å². The lowest BCUT2D eigenvalue weighted by Gasteiger charge is -2.31. The van der Waals surface area contributed by atoms with E-state index in [0.717, 1.165) is 37.0 Å². The van der Waals surface area contributed by atoms with E-state index in [2.05, 4.69) is 5.32 Å². The summed E-state index contributed by atoms with van der Waals surface area (Å²) >= 11 is 0. The van der Waals surface area contributed by atoms with Gasteiger partial charge in [0, 0.05) is 12.5 Å². The third kappa shape index (κ3) is 4.01. The zero-order valence-corrected chi connectivity index (χ0v) is 17.8. The van der Waals surface area contributed by atoms with E-state index in [4.69, 9.17) is 5.11 Å². The standard InChI is InChI=1S/C22H28N4O5/c1-13(2)25-18-11-15(14-7-9-24(10-8-14)12-20(28)29)3-4-16(18)26(22(25)31)17-5-6-19(27)23-21(17)30/h3-4,11,13-14,17H,5-10,12H2,1-2H3,(H,28,29)(H,23,27,30). The van der Waals surface area contributed by atoms with E-state index in [-0.39, 0.29) is 30.6 Å². The maximum Gasteiger partial charge on any atom is 0.330 e. The van der Waals surface area contributed by atoms with Crippen molar-refractivity contribution in [3.05, 3.63) is 34.2 Å². The summed E-state index contributed by atoms with van der Waals surface area (Å²) in [5.74, 6) is -1.26. The number of carbonyl (C=O) groups is 3. The Hall–Kier alpha value is -2.94. The van der Waals surface area contributed by atoms with Crippen molar-refractivity contribution in [3.63, 3.8) is 0 Å². The van der Waals surface area contributed by atoms with Gasteiger partial charge in [-0.2, -0.15) is 0 Å². The first-order chi connectivity index (χ1) is 14.8. The molecule has 166 valence electrons. The van der Waals surface area contributed by atoms with E-state index in [9.17, 15) is 19.2 Å². The summed E-state index contributed by atoms with van der Waals surface area (Å²) in [6.45, 7) is 5.39. The Morgan fingerprint density at radius 1 is 1.13 bits per heavy atom. The maximum absolute atomic E-state index is 13.3. The number of imide groups is 1. The van der Waals surface area contributed by atoms with Gasteiger partial charge in [0.25, 0.3) is 0 Å². The number of amides is 2. The van der Waals surface area contributed by atoms with Gasteiger partial charge in [-0.3, -0.25) is 33.7 Å². The number of fused-ring (bicyclic) bond motifs is 1. The van der Waals surface area contributed by atoms with Gasteiger partial charge in [0.2, 0.25) is 11.8 Å². The van der Waals surface area contributed by atoms with Gasteiger partial charge in [-0.05, 0) is 69.8 Å². The Morgan fingerprint density at radius 3 is 2.45 bits per heavy atom. The van der Waals surface area contributed by atoms with Crippen LogP contribution in [0.5, 0.6) is 0 Å². The highest BCUT2D eigenvalue weighted by Gasteiger charge is 2.32. The van der Waals surface area contributed by atoms with Crippen LogP contribution in [-0.2, 0) is 14.4 Å². The first kappa shape index (κ1) is 21.3. The summed E-state index contributed by atoms with van der Waals surface area (Å²) in [7, 11) is 0. The van der Waals surface area contributed by atoms with Gasteiger partial charge >= 0.3 is 11.7 Å². The number of aromatic nitrogens is 2. The molecule has 4 rings (SSSR count). The largest absolute Gasteiger partial charge is 0.480 e. The number of nitrogens with zero attached hydrogens (tertiary/aromatic N) is 3. The number of rotatable bonds is 5. The molecule has 2 saturated heterocycles. The van der Waals surface area contributed by atoms with E-state index >= 15 is 0 Å². The highest BCUT2D eigenvalue weighted by Crippen LogP contribution is 2.32. The summed E-state index contributed by atoms with van der Waals surface area (Å²) in [5.41, 5.74) is 2.36. The number of piperidine rings is 2. The Balaban J connectivity index is 1.69. The van der Waals surface area contributed by atoms with Crippen LogP contribution in [0.25, 0.3) is 11.0 Å². The van der Waals surface area contributed by atoms with Crippen LogP contribution in [0.4, 0.5) is 0 Å². The molecule has 3 heterocycles. The number of benzene rings is 1. The van der Waals surface area contributed by atoms with Crippen LogP contribution >= 0.6 is 0 Å². The van der Waals surface area contributed by atoms with Crippen LogP contribution in [0.3, 0.4) is 0 Å². The minimum Gasteiger partial charge on any atom is -0.480 e. The van der Waals surface area contributed by atoms with Crippen LogP contribution < -0.4 is 11.0 Å². The first-order valence-electron chi connectivity index (χ1n) is 10.8. The number of likely N-dealkylation sites (tertiary alicyclic amines) is 1. The normalized spacial score (nSPS) is 21.1. The van der Waals surface area contributed by atoms with Crippen molar-refractivity contribution in [1.82, 2.24) is 19.4 Å². The van der Waals surface area contributed by atoms with Gasteiger partial charge in [0.15, 0.2) is 0 Å². The molecular formula is C22H28N4O5. The molecule has 2 aromatic rings. The lowest BCUT2D eigenvalue weighted by atomic mass is 9.89. The van der Waals surface area contributed by atoms with Gasteiger partial charge in [-0.15, -0.1) is 0 Å². The molecule has 1 aromatic heterocycles. The maximum atomic E-state index is 13.3. The van der Waals surface area contributed by atoms with Crippen molar-refractivity contribution < 1.29 is 19.5 Å². The van der Waals surface area contributed by atoms with E-state index < -0.39 is 17.9 Å². The molecule has 0 spiro atoms. The van der Waals surface area contributed by atoms with Gasteiger partial charge in [0.05, 0.1) is 17.6 Å². The number of carboxylic acid groups (broad SMARTS) is 1. The molecule has 1 aromatic carbocycles. The summed E-state index contributed by atoms with van der Waals surface area (Å²) < 4.78 is 3.23. The molecule has 31 heavy (non-hydrogen) atoms. The van der Waals surface area contributed by atoms with Crippen LogP contribution in [0.15, 0.2) is 23.0 Å². The van der Waals surface area contributed by atoms with E-state index in [1.54, 1.807) is 4.57 Å². The van der Waals surface area contributed by atoms with Gasteiger partial charge in [0.1, 0.15) is 6.04 Å². The van der Waals surface area contributed by atoms with E-state index in [0.29, 0.717) is 17.9 Å². The second kappa shape index (κ2) is 8.30. The predicted molar refractivity (Wildman–Crippen MR) is 114 cm³/mol. The third-order valence-corrected chi connectivity index (χ3v) is 6.39. The number of aliphatic carboxylic acids is 1. The van der Waals surface area contributed by atoms with Crippen LogP contribution in [0.1, 0.15) is 63.1 Å². The summed E-state index contributed by atoms with van der Waals surface area (Å²) in [4.78, 5) is 50.2. The predicted octanol–water partition coefficient (Wildman–Crippen LogP) is 1.63. The van der Waals surface area contributed by atoms with Crippen LogP contribution in [0, 0.1) is 0 Å². The van der Waals surface area contributed by atoms with Crippen molar-refractivity contribution in [2.75, 3.05) is 19.6 Å². The average Bonchev–Trinajstić information content (AvgIpc) is 2.99. The average molecular weight is 428 g/mol. The molecule has 0 saturated carbocycles. The Bertz CT molecular complexity index is 1090. The molecule has 9 nitrogen and oxygen atoms in total. The minimum atomic E-state index is -0.810. The fourth-order valence-electron chi connectivity index (χ4n) is 4.86. The van der Waals surface area contributed by atoms with Crippen molar-refractivity contribution in [2.45, 2.75) is 57.5 Å². The molecule has 1 atom stereocenters. The van der Waals surface area contributed by atoms with Crippen molar-refractivity contribution in [3.8, 4) is 0 Å². The molecule has 2 aliphatic heterocycles. The van der Waals surface area contributed by atoms with Crippen LogP contribution in [0.2, 0.25) is 0 Å². The fourth-order valence-corrected chi connectivity index (χ4v) is 4.86. The van der Waals surface area contributed by atoms with E-state index in [1.807, 2.05) is 36.9 Å². The lowest BCUT2D eigenvalue weighted by Crippen LogP contribution is -2.44. The molecular weight excluding hydrogens is 400 g/mol. The second-order valence-corrected chi connectivity index (χ2v) is 8.78. The Kier molecular flexibility index (Phi) is 5.70. The van der Waals surface area contributed by atoms with Crippen LogP contribution in [-0.4, -0.2) is 56.6 Å². The molecule has 2 amide bonds. The number of carbonyl (C=O) groups excluding carboxylic acids is 2. The summed E-state index contributed by atoms with van der Waals surface area (Å²) in [6, 6.07) is 5.16. The molecule has 0 aliphatic carbocycles. The molecule has 0 bridgehead atoms. The topological polar surface area (TPSA) is 114 Å². The quantitative estimate of drug-likeness (QED) is 0.700. The van der Waals surface area contributed by atoms with Gasteiger partial charge in [-0.25, -0.2) is 4.79 Å². The first-order valence-corrected chi connectivity index (χ1v) is 10.8. The van der Waals surface area contributed by atoms with Crippen molar-refractivity contribution in [2.24, 2.45) is 0 Å². The second-order valence-electron chi connectivity index (χ2n) is 8.78. The molecule has 2 fully saturated rings. The number of imidazole rings is 1. The SMILES string of the molecule is CC(C)n1c(=O)n(C2CCC(=O)NC2=O)c2ccc(C3CCN(CC(=O)O)CC3)cc21. The fraction of sp³-hybridized carbons (Fsp3) is 0.545. The van der Waals surface area contributed by atoms with E-state index in [1.165, 1.54) is 4.57 Å². The third-order valence-electron chi connectivity index (χ3n) is 6.39. The lowest BCUT2D eigenvalue weighted by molar-refractivity contribution is -0.139. The highest BCUT2D eigenvalue weighted by atomic mass is 16.4. The number of hydrogen-bond donors (Lipinski definition) is 2. The summed E-state index contributed by atoms with van der Waals surface area (Å²) in [5, 5.41) is 11.3. The smallest absolute Gasteiger partial charge is 0.330 e. The zero-order chi connectivity index (χ0) is 22.3. The zero-order valence-electron chi connectivity index (χ0n) is 17.8. The Labute approximate surface area is 179 Å². The molecule has 2 aliphatic rings.